The maximum atomic E-state index is 12.3. The number of piperidine rings is 1. The molecule has 1 unspecified atom stereocenters. The van der Waals surface area contributed by atoms with Gasteiger partial charge < -0.3 is 15.5 Å². The molecule has 1 amide bonds. The van der Waals surface area contributed by atoms with Gasteiger partial charge in [-0.1, -0.05) is 0 Å². The number of rotatable bonds is 3. The van der Waals surface area contributed by atoms with Gasteiger partial charge >= 0.3 is 0 Å². The first-order valence-electron chi connectivity index (χ1n) is 7.13. The summed E-state index contributed by atoms with van der Waals surface area (Å²) in [6, 6.07) is 0. The molecule has 0 aliphatic carbocycles. The molecule has 8 heteroatoms. The fraction of sp³-hybridized carbons (Fsp3) is 0.846. The minimum absolute atomic E-state index is 0. The van der Waals surface area contributed by atoms with Crippen molar-refractivity contribution in [3.05, 3.63) is 0 Å². The summed E-state index contributed by atoms with van der Waals surface area (Å²) >= 11 is 0. The van der Waals surface area contributed by atoms with Gasteiger partial charge in [-0.2, -0.15) is 0 Å². The number of likely N-dealkylation sites (tertiary alicyclic amines) is 1. The normalized spacial score (nSPS) is 26.0. The SMILES string of the molecule is CCNC(=NCC(F)F)N1CCCC2(CNC(=O)C2)C1.I. The number of amides is 1. The predicted octanol–water partition coefficient (Wildman–Crippen LogP) is 1.44. The lowest BCUT2D eigenvalue weighted by Gasteiger charge is -2.40. The van der Waals surface area contributed by atoms with Gasteiger partial charge in [0.05, 0.1) is 0 Å². The van der Waals surface area contributed by atoms with Gasteiger partial charge in [0.25, 0.3) is 6.43 Å². The summed E-state index contributed by atoms with van der Waals surface area (Å²) < 4.78 is 24.7. The zero-order valence-corrected chi connectivity index (χ0v) is 14.5. The number of hydrogen-bond donors (Lipinski definition) is 2. The maximum Gasteiger partial charge on any atom is 0.257 e. The first-order chi connectivity index (χ1) is 9.54. The largest absolute Gasteiger partial charge is 0.357 e. The summed E-state index contributed by atoms with van der Waals surface area (Å²) in [5, 5.41) is 5.94. The van der Waals surface area contributed by atoms with Gasteiger partial charge in [0, 0.05) is 38.0 Å². The Labute approximate surface area is 140 Å². The van der Waals surface area contributed by atoms with E-state index in [-0.39, 0.29) is 35.3 Å². The number of nitrogens with zero attached hydrogens (tertiary/aromatic N) is 2. The van der Waals surface area contributed by atoms with Crippen molar-refractivity contribution in [2.45, 2.75) is 32.6 Å². The van der Waals surface area contributed by atoms with E-state index in [0.717, 1.165) is 19.4 Å². The number of halogens is 3. The average Bonchev–Trinajstić information content (AvgIpc) is 2.75. The van der Waals surface area contributed by atoms with Crippen molar-refractivity contribution in [1.29, 1.82) is 0 Å². The van der Waals surface area contributed by atoms with E-state index < -0.39 is 13.0 Å². The summed E-state index contributed by atoms with van der Waals surface area (Å²) in [5.74, 6) is 0.618. The highest BCUT2D eigenvalue weighted by Crippen LogP contribution is 2.35. The highest BCUT2D eigenvalue weighted by molar-refractivity contribution is 14.0. The monoisotopic (exact) mass is 416 g/mol. The van der Waals surface area contributed by atoms with Crippen LogP contribution in [-0.2, 0) is 4.79 Å². The number of aliphatic imine (C=N–C) groups is 1. The van der Waals surface area contributed by atoms with Crippen molar-refractivity contribution in [2.24, 2.45) is 10.4 Å². The molecule has 0 aromatic heterocycles. The van der Waals surface area contributed by atoms with Crippen LogP contribution in [0.15, 0.2) is 4.99 Å². The van der Waals surface area contributed by atoms with Crippen LogP contribution < -0.4 is 10.6 Å². The van der Waals surface area contributed by atoms with Crippen molar-refractivity contribution < 1.29 is 13.6 Å². The Balaban J connectivity index is 0.00000220. The van der Waals surface area contributed by atoms with Crippen molar-refractivity contribution in [3.8, 4) is 0 Å². The van der Waals surface area contributed by atoms with Crippen LogP contribution in [0.4, 0.5) is 8.78 Å². The van der Waals surface area contributed by atoms with E-state index >= 15 is 0 Å². The minimum atomic E-state index is -2.43. The van der Waals surface area contributed by atoms with Crippen LogP contribution in [0.3, 0.4) is 0 Å². The Morgan fingerprint density at radius 2 is 2.33 bits per heavy atom. The Morgan fingerprint density at radius 3 is 2.90 bits per heavy atom. The van der Waals surface area contributed by atoms with Crippen LogP contribution in [0, 0.1) is 5.41 Å². The summed E-state index contributed by atoms with van der Waals surface area (Å²) in [4.78, 5) is 17.5. The lowest BCUT2D eigenvalue weighted by molar-refractivity contribution is -0.119. The first kappa shape index (κ1) is 18.4. The van der Waals surface area contributed by atoms with Gasteiger partial charge in [-0.15, -0.1) is 24.0 Å². The second kappa shape index (κ2) is 8.09. The third kappa shape index (κ3) is 4.93. The van der Waals surface area contributed by atoms with E-state index in [4.69, 9.17) is 0 Å². The molecule has 1 spiro atoms. The van der Waals surface area contributed by atoms with Gasteiger partial charge in [-0.05, 0) is 19.8 Å². The number of hydrogen-bond acceptors (Lipinski definition) is 2. The Kier molecular flexibility index (Phi) is 7.08. The van der Waals surface area contributed by atoms with Crippen LogP contribution in [-0.4, -0.2) is 55.9 Å². The molecule has 0 saturated carbocycles. The zero-order valence-electron chi connectivity index (χ0n) is 12.2. The van der Waals surface area contributed by atoms with Crippen LogP contribution in [0.25, 0.3) is 0 Å². The third-order valence-electron chi connectivity index (χ3n) is 3.87. The molecule has 2 aliphatic heterocycles. The number of carbonyl (C=O) groups excluding carboxylic acids is 1. The third-order valence-corrected chi connectivity index (χ3v) is 3.87. The van der Waals surface area contributed by atoms with Crippen molar-refractivity contribution in [2.75, 3.05) is 32.7 Å². The molecule has 5 nitrogen and oxygen atoms in total. The second-order valence-corrected chi connectivity index (χ2v) is 5.56. The van der Waals surface area contributed by atoms with Crippen molar-refractivity contribution >= 4 is 35.8 Å². The van der Waals surface area contributed by atoms with Crippen LogP contribution >= 0.6 is 24.0 Å². The standard InChI is InChI=1S/C13H22F2N4O.HI/c1-2-16-12(17-7-10(14)15)19-5-3-4-13(9-19)6-11(20)18-8-13;/h10H,2-9H2,1H3,(H,16,17)(H,18,20);1H. The molecule has 2 aliphatic rings. The molecule has 2 fully saturated rings. The van der Waals surface area contributed by atoms with E-state index in [1.54, 1.807) is 0 Å². The zero-order chi connectivity index (χ0) is 14.6. The number of carbonyl (C=O) groups is 1. The molecule has 1 atom stereocenters. The fourth-order valence-corrected chi connectivity index (χ4v) is 3.01. The molecule has 0 bridgehead atoms. The number of alkyl halides is 2. The van der Waals surface area contributed by atoms with E-state index in [1.807, 2.05) is 11.8 Å². The molecule has 2 saturated heterocycles. The highest BCUT2D eigenvalue weighted by atomic mass is 127. The lowest BCUT2D eigenvalue weighted by atomic mass is 9.79. The average molecular weight is 416 g/mol. The Morgan fingerprint density at radius 1 is 1.57 bits per heavy atom. The molecule has 2 rings (SSSR count). The maximum absolute atomic E-state index is 12.3. The van der Waals surface area contributed by atoms with Gasteiger partial charge in [-0.3, -0.25) is 4.79 Å². The molecule has 122 valence electrons. The minimum Gasteiger partial charge on any atom is -0.357 e. The summed E-state index contributed by atoms with van der Waals surface area (Å²) in [6.07, 6.45) is 0.0413. The van der Waals surface area contributed by atoms with Crippen LogP contribution in [0.2, 0.25) is 0 Å². The molecule has 2 N–H and O–H groups in total. The fourth-order valence-electron chi connectivity index (χ4n) is 3.01. The number of nitrogens with one attached hydrogen (secondary N) is 2. The van der Waals surface area contributed by atoms with Gasteiger partial charge in [-0.25, -0.2) is 13.8 Å². The molecular weight excluding hydrogens is 393 g/mol. The molecule has 21 heavy (non-hydrogen) atoms. The lowest BCUT2D eigenvalue weighted by Crippen LogP contribution is -2.51. The Bertz CT molecular complexity index is 394. The van der Waals surface area contributed by atoms with E-state index in [0.29, 0.717) is 32.0 Å². The summed E-state index contributed by atoms with van der Waals surface area (Å²) in [5.41, 5.74) is -0.0592. The van der Waals surface area contributed by atoms with Gasteiger partial charge in [0.1, 0.15) is 6.54 Å². The van der Waals surface area contributed by atoms with E-state index in [9.17, 15) is 13.6 Å². The molecular formula is C13H23F2IN4O. The van der Waals surface area contributed by atoms with Crippen molar-refractivity contribution in [1.82, 2.24) is 15.5 Å². The predicted molar refractivity (Wildman–Crippen MR) is 88.3 cm³/mol. The summed E-state index contributed by atoms with van der Waals surface area (Å²) in [6.45, 7) is 4.24. The number of guanidine groups is 1. The highest BCUT2D eigenvalue weighted by Gasteiger charge is 2.42. The molecule has 0 aromatic rings. The Hall–Kier alpha value is -0.670. The summed E-state index contributed by atoms with van der Waals surface area (Å²) in [7, 11) is 0. The van der Waals surface area contributed by atoms with Gasteiger partial charge in [0.15, 0.2) is 5.96 Å². The second-order valence-electron chi connectivity index (χ2n) is 5.56. The van der Waals surface area contributed by atoms with Crippen LogP contribution in [0.5, 0.6) is 0 Å². The quantitative estimate of drug-likeness (QED) is 0.416. The van der Waals surface area contributed by atoms with E-state index in [2.05, 4.69) is 15.6 Å². The molecule has 0 aromatic carbocycles. The van der Waals surface area contributed by atoms with Crippen molar-refractivity contribution in [3.63, 3.8) is 0 Å². The molecule has 0 radical (unpaired) electrons. The van der Waals surface area contributed by atoms with Crippen LogP contribution in [0.1, 0.15) is 26.2 Å². The van der Waals surface area contributed by atoms with Gasteiger partial charge in [0.2, 0.25) is 5.91 Å². The first-order valence-corrected chi connectivity index (χ1v) is 7.13. The topological polar surface area (TPSA) is 56.7 Å². The molecule has 2 heterocycles. The smallest absolute Gasteiger partial charge is 0.257 e. The van der Waals surface area contributed by atoms with E-state index in [1.165, 1.54) is 0 Å².